The summed E-state index contributed by atoms with van der Waals surface area (Å²) in [6, 6.07) is 3.99. The van der Waals surface area contributed by atoms with E-state index >= 15 is 0 Å². The van der Waals surface area contributed by atoms with Gasteiger partial charge in [-0.3, -0.25) is 10.1 Å². The molecule has 0 aliphatic heterocycles. The highest BCUT2D eigenvalue weighted by Gasteiger charge is 2.31. The van der Waals surface area contributed by atoms with Crippen molar-refractivity contribution in [2.45, 2.75) is 6.18 Å². The third-order valence-electron chi connectivity index (χ3n) is 2.75. The number of nitro groups is 1. The van der Waals surface area contributed by atoms with Crippen LogP contribution in [-0.2, 0) is 6.18 Å². The zero-order valence-electron chi connectivity index (χ0n) is 12.0. The minimum Gasteiger partial charge on any atom is -0.434 e. The van der Waals surface area contributed by atoms with Gasteiger partial charge in [0.1, 0.15) is 12.1 Å². The number of rotatable bonds is 4. The first-order valence-corrected chi connectivity index (χ1v) is 6.22. The fourth-order valence-electron chi connectivity index (χ4n) is 1.76. The summed E-state index contributed by atoms with van der Waals surface area (Å²) >= 11 is 0. The lowest BCUT2D eigenvalue weighted by molar-refractivity contribution is -0.385. The Labute approximate surface area is 128 Å². The summed E-state index contributed by atoms with van der Waals surface area (Å²) in [5, 5.41) is 11.2. The number of ether oxygens (including phenoxy) is 1. The Bertz CT molecular complexity index is 735. The Morgan fingerprint density at radius 2 is 1.96 bits per heavy atom. The van der Waals surface area contributed by atoms with Crippen LogP contribution >= 0.6 is 0 Å². The van der Waals surface area contributed by atoms with Crippen LogP contribution in [0.5, 0.6) is 11.6 Å². The Morgan fingerprint density at radius 3 is 2.52 bits per heavy atom. The van der Waals surface area contributed by atoms with Crippen LogP contribution in [-0.4, -0.2) is 29.0 Å². The molecule has 0 saturated carbocycles. The summed E-state index contributed by atoms with van der Waals surface area (Å²) < 4.78 is 43.2. The van der Waals surface area contributed by atoms with Gasteiger partial charge >= 0.3 is 17.7 Å². The van der Waals surface area contributed by atoms with E-state index in [4.69, 9.17) is 4.74 Å². The van der Waals surface area contributed by atoms with E-state index in [1.807, 2.05) is 0 Å². The molecule has 23 heavy (non-hydrogen) atoms. The summed E-state index contributed by atoms with van der Waals surface area (Å²) in [7, 11) is 3.06. The molecule has 0 amide bonds. The average molecular weight is 328 g/mol. The second-order valence-corrected chi connectivity index (χ2v) is 4.63. The van der Waals surface area contributed by atoms with Crippen molar-refractivity contribution < 1.29 is 22.8 Å². The normalized spacial score (nSPS) is 11.2. The molecular formula is C13H11F3N4O3. The van der Waals surface area contributed by atoms with Crippen LogP contribution in [0.3, 0.4) is 0 Å². The van der Waals surface area contributed by atoms with Gasteiger partial charge in [0.05, 0.1) is 10.5 Å². The van der Waals surface area contributed by atoms with Gasteiger partial charge in [-0.15, -0.1) is 0 Å². The summed E-state index contributed by atoms with van der Waals surface area (Å²) in [6.07, 6.45) is -3.52. The third kappa shape index (κ3) is 3.65. The van der Waals surface area contributed by atoms with Gasteiger partial charge in [0, 0.05) is 14.1 Å². The van der Waals surface area contributed by atoms with E-state index in [1.54, 1.807) is 0 Å². The number of halogens is 3. The Hall–Kier alpha value is -2.91. The largest absolute Gasteiger partial charge is 0.434 e. The highest BCUT2D eigenvalue weighted by atomic mass is 19.4. The van der Waals surface area contributed by atoms with E-state index in [0.717, 1.165) is 24.5 Å². The van der Waals surface area contributed by atoms with E-state index in [9.17, 15) is 23.3 Å². The maximum Gasteiger partial charge on any atom is 0.416 e. The quantitative estimate of drug-likeness (QED) is 0.633. The summed E-state index contributed by atoms with van der Waals surface area (Å²) in [4.78, 5) is 19.2. The number of hydrogen-bond acceptors (Lipinski definition) is 6. The minimum absolute atomic E-state index is 0.0213. The lowest BCUT2D eigenvalue weighted by Crippen LogP contribution is -2.14. The van der Waals surface area contributed by atoms with Crippen LogP contribution in [0.4, 0.5) is 24.7 Å². The van der Waals surface area contributed by atoms with Crippen molar-refractivity contribution in [3.05, 3.63) is 46.3 Å². The molecule has 0 unspecified atom stereocenters. The molecule has 0 aliphatic rings. The molecule has 0 bridgehead atoms. The molecule has 122 valence electrons. The standard InChI is InChI=1S/C13H11F3N4O3/c1-19(2)11-10(20(21)22)12(18-7-17-11)23-9-5-3-4-8(6-9)13(14,15)16/h3-7H,1-2H3. The highest BCUT2D eigenvalue weighted by Crippen LogP contribution is 2.37. The highest BCUT2D eigenvalue weighted by molar-refractivity contribution is 5.62. The Morgan fingerprint density at radius 1 is 1.26 bits per heavy atom. The number of nitrogens with zero attached hydrogens (tertiary/aromatic N) is 4. The molecular weight excluding hydrogens is 317 g/mol. The molecule has 0 fully saturated rings. The van der Waals surface area contributed by atoms with Crippen LogP contribution in [0.2, 0.25) is 0 Å². The molecule has 0 saturated heterocycles. The van der Waals surface area contributed by atoms with Gasteiger partial charge in [0.15, 0.2) is 0 Å². The molecule has 0 atom stereocenters. The van der Waals surface area contributed by atoms with E-state index in [1.165, 1.54) is 25.1 Å². The zero-order valence-corrected chi connectivity index (χ0v) is 12.0. The van der Waals surface area contributed by atoms with Crippen molar-refractivity contribution in [1.82, 2.24) is 9.97 Å². The van der Waals surface area contributed by atoms with Crippen molar-refractivity contribution in [2.24, 2.45) is 0 Å². The lowest BCUT2D eigenvalue weighted by Gasteiger charge is -2.13. The van der Waals surface area contributed by atoms with E-state index in [-0.39, 0.29) is 11.6 Å². The maximum absolute atomic E-state index is 12.7. The molecule has 0 N–H and O–H groups in total. The lowest BCUT2D eigenvalue weighted by atomic mass is 10.2. The van der Waals surface area contributed by atoms with Gasteiger partial charge in [0.2, 0.25) is 5.82 Å². The molecule has 1 aromatic heterocycles. The van der Waals surface area contributed by atoms with Crippen molar-refractivity contribution in [3.63, 3.8) is 0 Å². The first kappa shape index (κ1) is 16.5. The van der Waals surface area contributed by atoms with Gasteiger partial charge in [-0.05, 0) is 18.2 Å². The summed E-state index contributed by atoms with van der Waals surface area (Å²) in [6.45, 7) is 0. The zero-order chi connectivity index (χ0) is 17.2. The van der Waals surface area contributed by atoms with E-state index in [2.05, 4.69) is 9.97 Å². The fourth-order valence-corrected chi connectivity index (χ4v) is 1.76. The number of aromatic nitrogens is 2. The summed E-state index contributed by atoms with van der Waals surface area (Å²) in [5.74, 6) is -0.675. The first-order valence-electron chi connectivity index (χ1n) is 6.22. The predicted octanol–water partition coefficient (Wildman–Crippen LogP) is 3.26. The van der Waals surface area contributed by atoms with Crippen molar-refractivity contribution in [1.29, 1.82) is 0 Å². The van der Waals surface area contributed by atoms with Crippen LogP contribution in [0, 0.1) is 10.1 Å². The smallest absolute Gasteiger partial charge is 0.416 e. The second-order valence-electron chi connectivity index (χ2n) is 4.63. The molecule has 1 aromatic carbocycles. The predicted molar refractivity (Wildman–Crippen MR) is 74.5 cm³/mol. The molecule has 2 aromatic rings. The fraction of sp³-hybridized carbons (Fsp3) is 0.231. The Kier molecular flexibility index (Phi) is 4.34. The third-order valence-corrected chi connectivity index (χ3v) is 2.75. The molecule has 2 rings (SSSR count). The minimum atomic E-state index is -4.55. The number of alkyl halides is 3. The van der Waals surface area contributed by atoms with Crippen molar-refractivity contribution in [3.8, 4) is 11.6 Å². The van der Waals surface area contributed by atoms with Gasteiger partial charge in [-0.2, -0.15) is 18.2 Å². The van der Waals surface area contributed by atoms with E-state index in [0.29, 0.717) is 0 Å². The number of anilines is 1. The van der Waals surface area contributed by atoms with Crippen molar-refractivity contribution >= 4 is 11.5 Å². The molecule has 0 radical (unpaired) electrons. The maximum atomic E-state index is 12.7. The number of hydrogen-bond donors (Lipinski definition) is 0. The molecule has 7 nitrogen and oxygen atoms in total. The molecule has 10 heteroatoms. The molecule has 1 heterocycles. The monoisotopic (exact) mass is 328 g/mol. The number of benzene rings is 1. The van der Waals surface area contributed by atoms with Crippen molar-refractivity contribution in [2.75, 3.05) is 19.0 Å². The molecule has 0 spiro atoms. The van der Waals surface area contributed by atoms with Gasteiger partial charge in [0.25, 0.3) is 0 Å². The SMILES string of the molecule is CN(C)c1ncnc(Oc2cccc(C(F)(F)F)c2)c1[N+](=O)[O-]. The average Bonchev–Trinajstić information content (AvgIpc) is 2.46. The Balaban J connectivity index is 2.45. The van der Waals surface area contributed by atoms with Crippen LogP contribution in [0.1, 0.15) is 5.56 Å². The van der Waals surface area contributed by atoms with E-state index < -0.39 is 28.2 Å². The van der Waals surface area contributed by atoms with Gasteiger partial charge in [-0.1, -0.05) is 6.07 Å². The van der Waals surface area contributed by atoms with Crippen LogP contribution < -0.4 is 9.64 Å². The van der Waals surface area contributed by atoms with Crippen LogP contribution in [0.25, 0.3) is 0 Å². The van der Waals surface area contributed by atoms with Gasteiger partial charge < -0.3 is 9.64 Å². The first-order chi connectivity index (χ1) is 10.7. The van der Waals surface area contributed by atoms with Gasteiger partial charge in [-0.25, -0.2) is 4.98 Å². The summed E-state index contributed by atoms with van der Waals surface area (Å²) in [5.41, 5.74) is -1.46. The van der Waals surface area contributed by atoms with Crippen LogP contribution in [0.15, 0.2) is 30.6 Å². The molecule has 0 aliphatic carbocycles. The second kappa shape index (κ2) is 6.07. The topological polar surface area (TPSA) is 81.4 Å².